The average molecular weight is 356 g/mol. The Morgan fingerprint density at radius 3 is 2.50 bits per heavy atom. The number of nitrogens with zero attached hydrogens (tertiary/aromatic N) is 4. The SMILES string of the molecule is CN(C)C(=O)COC[C@@H]1CN(c2c(C#N)cccc2C#N)CC(C)(C)O1. The molecule has 1 atom stereocenters. The highest BCUT2D eigenvalue weighted by atomic mass is 16.5. The number of anilines is 1. The minimum Gasteiger partial charge on any atom is -0.369 e. The van der Waals surface area contributed by atoms with E-state index in [0.717, 1.165) is 0 Å². The third kappa shape index (κ3) is 4.72. The topological polar surface area (TPSA) is 89.6 Å². The van der Waals surface area contributed by atoms with Gasteiger partial charge in [-0.05, 0) is 26.0 Å². The van der Waals surface area contributed by atoms with E-state index >= 15 is 0 Å². The Balaban J connectivity index is 2.17. The summed E-state index contributed by atoms with van der Waals surface area (Å²) in [6.45, 7) is 5.19. The molecule has 1 heterocycles. The highest BCUT2D eigenvalue weighted by Gasteiger charge is 2.35. The summed E-state index contributed by atoms with van der Waals surface area (Å²) in [5.74, 6) is -0.112. The van der Waals surface area contributed by atoms with E-state index in [4.69, 9.17) is 9.47 Å². The largest absolute Gasteiger partial charge is 0.369 e. The predicted molar refractivity (Wildman–Crippen MR) is 96.6 cm³/mol. The maximum atomic E-state index is 11.6. The number of amides is 1. The van der Waals surface area contributed by atoms with Crippen molar-refractivity contribution >= 4 is 11.6 Å². The summed E-state index contributed by atoms with van der Waals surface area (Å²) >= 11 is 0. The molecule has 0 aromatic heterocycles. The van der Waals surface area contributed by atoms with Crippen molar-refractivity contribution < 1.29 is 14.3 Å². The van der Waals surface area contributed by atoms with Gasteiger partial charge in [0.1, 0.15) is 18.7 Å². The fourth-order valence-electron chi connectivity index (χ4n) is 3.02. The van der Waals surface area contributed by atoms with Crippen molar-refractivity contribution in [1.29, 1.82) is 10.5 Å². The molecule has 26 heavy (non-hydrogen) atoms. The van der Waals surface area contributed by atoms with Gasteiger partial charge in [0.2, 0.25) is 5.91 Å². The molecule has 0 radical (unpaired) electrons. The molecule has 1 aromatic rings. The number of morpholine rings is 1. The van der Waals surface area contributed by atoms with E-state index in [9.17, 15) is 15.3 Å². The fraction of sp³-hybridized carbons (Fsp3) is 0.526. The van der Waals surface area contributed by atoms with Gasteiger partial charge in [-0.2, -0.15) is 10.5 Å². The van der Waals surface area contributed by atoms with E-state index in [2.05, 4.69) is 12.1 Å². The Kier molecular flexibility index (Phi) is 6.20. The predicted octanol–water partition coefficient (Wildman–Crippen LogP) is 1.52. The van der Waals surface area contributed by atoms with Crippen LogP contribution in [0.25, 0.3) is 0 Å². The average Bonchev–Trinajstić information content (AvgIpc) is 2.59. The summed E-state index contributed by atoms with van der Waals surface area (Å²) in [5.41, 5.74) is 1.07. The van der Waals surface area contributed by atoms with Crippen LogP contribution >= 0.6 is 0 Å². The molecule has 2 rings (SSSR count). The maximum absolute atomic E-state index is 11.6. The van der Waals surface area contributed by atoms with E-state index < -0.39 is 5.60 Å². The first-order chi connectivity index (χ1) is 12.3. The lowest BCUT2D eigenvalue weighted by atomic mass is 10.0. The van der Waals surface area contributed by atoms with Crippen LogP contribution in [0.5, 0.6) is 0 Å². The lowest BCUT2D eigenvalue weighted by Crippen LogP contribution is -2.54. The van der Waals surface area contributed by atoms with Gasteiger partial charge in [0.25, 0.3) is 0 Å². The Bertz CT molecular complexity index is 714. The van der Waals surface area contributed by atoms with Crippen LogP contribution in [0.2, 0.25) is 0 Å². The van der Waals surface area contributed by atoms with Crippen molar-refractivity contribution in [2.75, 3.05) is 45.3 Å². The summed E-state index contributed by atoms with van der Waals surface area (Å²) in [4.78, 5) is 15.1. The molecule has 1 amide bonds. The molecule has 1 fully saturated rings. The van der Waals surface area contributed by atoms with Crippen molar-refractivity contribution in [3.63, 3.8) is 0 Å². The van der Waals surface area contributed by atoms with Gasteiger partial charge in [-0.1, -0.05) is 6.07 Å². The maximum Gasteiger partial charge on any atom is 0.248 e. The number of ether oxygens (including phenoxy) is 2. The molecule has 7 nitrogen and oxygen atoms in total. The van der Waals surface area contributed by atoms with Gasteiger partial charge in [-0.3, -0.25) is 4.79 Å². The number of hydrogen-bond acceptors (Lipinski definition) is 6. The lowest BCUT2D eigenvalue weighted by molar-refractivity contribution is -0.139. The first-order valence-electron chi connectivity index (χ1n) is 8.41. The van der Waals surface area contributed by atoms with Crippen LogP contribution in [0.15, 0.2) is 18.2 Å². The molecule has 1 aliphatic rings. The van der Waals surface area contributed by atoms with Crippen molar-refractivity contribution in [2.45, 2.75) is 25.6 Å². The van der Waals surface area contributed by atoms with E-state index in [1.54, 1.807) is 32.3 Å². The Labute approximate surface area is 154 Å². The van der Waals surface area contributed by atoms with E-state index in [1.165, 1.54) is 4.90 Å². The highest BCUT2D eigenvalue weighted by molar-refractivity contribution is 5.76. The zero-order valence-corrected chi connectivity index (χ0v) is 15.7. The number of benzene rings is 1. The summed E-state index contributed by atoms with van der Waals surface area (Å²) < 4.78 is 11.6. The fourth-order valence-corrected chi connectivity index (χ4v) is 3.02. The Morgan fingerprint density at radius 2 is 1.96 bits per heavy atom. The number of para-hydroxylation sites is 1. The lowest BCUT2D eigenvalue weighted by Gasteiger charge is -2.44. The first-order valence-corrected chi connectivity index (χ1v) is 8.41. The number of carbonyl (C=O) groups is 1. The summed E-state index contributed by atoms with van der Waals surface area (Å²) in [5, 5.41) is 18.9. The van der Waals surface area contributed by atoms with Gasteiger partial charge in [-0.25, -0.2) is 0 Å². The number of carbonyl (C=O) groups excluding carboxylic acids is 1. The van der Waals surface area contributed by atoms with Crippen molar-refractivity contribution in [1.82, 2.24) is 4.90 Å². The summed E-state index contributed by atoms with van der Waals surface area (Å²) in [6, 6.07) is 9.46. The molecule has 0 aliphatic carbocycles. The Morgan fingerprint density at radius 1 is 1.35 bits per heavy atom. The van der Waals surface area contributed by atoms with Crippen LogP contribution in [-0.2, 0) is 14.3 Å². The van der Waals surface area contributed by atoms with Gasteiger partial charge in [0.05, 0.1) is 35.1 Å². The highest BCUT2D eigenvalue weighted by Crippen LogP contribution is 2.31. The molecule has 0 bridgehead atoms. The summed E-state index contributed by atoms with van der Waals surface area (Å²) in [6.07, 6.45) is -0.271. The van der Waals surface area contributed by atoms with Crippen LogP contribution in [0.1, 0.15) is 25.0 Å². The second kappa shape index (κ2) is 8.18. The number of likely N-dealkylation sites (N-methyl/N-ethyl adjacent to an activating group) is 1. The third-order valence-corrected chi connectivity index (χ3v) is 4.10. The number of hydrogen-bond donors (Lipinski definition) is 0. The van der Waals surface area contributed by atoms with Gasteiger partial charge in [-0.15, -0.1) is 0 Å². The monoisotopic (exact) mass is 356 g/mol. The van der Waals surface area contributed by atoms with Crippen LogP contribution in [-0.4, -0.2) is 62.9 Å². The zero-order valence-electron chi connectivity index (χ0n) is 15.7. The molecule has 0 N–H and O–H groups in total. The van der Waals surface area contributed by atoms with E-state index in [0.29, 0.717) is 29.9 Å². The summed E-state index contributed by atoms with van der Waals surface area (Å²) in [7, 11) is 3.35. The van der Waals surface area contributed by atoms with E-state index in [1.807, 2.05) is 18.7 Å². The molecular formula is C19H24N4O3. The molecule has 1 saturated heterocycles. The standard InChI is InChI=1S/C19H24N4O3/c1-19(2)13-23(18-14(8-20)6-5-7-15(18)9-21)10-16(26-19)11-25-12-17(24)22(3)4/h5-7,16H,10-13H2,1-4H3/t16-/m0/s1. The van der Waals surface area contributed by atoms with Crippen molar-refractivity contribution in [2.24, 2.45) is 0 Å². The van der Waals surface area contributed by atoms with Crippen LogP contribution < -0.4 is 4.90 Å². The van der Waals surface area contributed by atoms with Gasteiger partial charge in [0, 0.05) is 27.2 Å². The van der Waals surface area contributed by atoms with Crippen LogP contribution in [0, 0.1) is 22.7 Å². The second-order valence-corrected chi connectivity index (χ2v) is 7.11. The van der Waals surface area contributed by atoms with E-state index in [-0.39, 0.29) is 25.2 Å². The number of nitriles is 2. The van der Waals surface area contributed by atoms with Crippen LogP contribution in [0.4, 0.5) is 5.69 Å². The second-order valence-electron chi connectivity index (χ2n) is 7.11. The third-order valence-electron chi connectivity index (χ3n) is 4.10. The molecule has 0 spiro atoms. The van der Waals surface area contributed by atoms with Crippen molar-refractivity contribution in [3.05, 3.63) is 29.3 Å². The van der Waals surface area contributed by atoms with Gasteiger partial charge < -0.3 is 19.3 Å². The minimum absolute atomic E-state index is 0.00842. The molecule has 138 valence electrons. The zero-order chi connectivity index (χ0) is 19.3. The number of rotatable bonds is 5. The molecule has 0 saturated carbocycles. The molecular weight excluding hydrogens is 332 g/mol. The van der Waals surface area contributed by atoms with Crippen molar-refractivity contribution in [3.8, 4) is 12.1 Å². The first kappa shape index (κ1) is 19.7. The molecule has 1 aromatic carbocycles. The quantitative estimate of drug-likeness (QED) is 0.795. The Hall–Kier alpha value is -2.61. The van der Waals surface area contributed by atoms with Gasteiger partial charge >= 0.3 is 0 Å². The minimum atomic E-state index is -0.479. The van der Waals surface area contributed by atoms with Crippen LogP contribution in [0.3, 0.4) is 0 Å². The molecule has 0 unspecified atom stereocenters. The molecule has 1 aliphatic heterocycles. The molecule has 7 heteroatoms. The smallest absolute Gasteiger partial charge is 0.248 e. The van der Waals surface area contributed by atoms with Gasteiger partial charge in [0.15, 0.2) is 0 Å². The normalized spacial score (nSPS) is 18.7.